The minimum absolute atomic E-state index is 0.0249. The standard InChI is InChI=1S/C23H22FN5O3S/c24-17-8-10-18(11-9-17)26-20(31)21-27-28-22(33-21)23(32)29-12-4-7-16(14-29)19(30)25-13-15-5-2-1-3-6-15/h1-3,5-6,8-11,16H,4,7,12-14H2,(H,25,30)(H,26,31)/t16-/m1/s1. The maximum absolute atomic E-state index is 13.0. The van der Waals surface area contributed by atoms with E-state index in [-0.39, 0.29) is 34.3 Å². The predicted octanol–water partition coefficient (Wildman–Crippen LogP) is 3.10. The molecule has 1 saturated heterocycles. The maximum atomic E-state index is 13.0. The van der Waals surface area contributed by atoms with Gasteiger partial charge in [0.25, 0.3) is 11.8 Å². The summed E-state index contributed by atoms with van der Waals surface area (Å²) in [6.07, 6.45) is 1.40. The van der Waals surface area contributed by atoms with Crippen LogP contribution in [0.2, 0.25) is 0 Å². The summed E-state index contributed by atoms with van der Waals surface area (Å²) in [5, 5.41) is 13.3. The fraction of sp³-hybridized carbons (Fsp3) is 0.261. The summed E-state index contributed by atoms with van der Waals surface area (Å²) in [7, 11) is 0. The Balaban J connectivity index is 1.33. The van der Waals surface area contributed by atoms with Gasteiger partial charge in [-0.05, 0) is 42.7 Å². The zero-order valence-corrected chi connectivity index (χ0v) is 18.5. The van der Waals surface area contributed by atoms with Gasteiger partial charge in [0.2, 0.25) is 15.9 Å². The molecule has 1 aliphatic heterocycles. The number of benzene rings is 2. The first kappa shape index (κ1) is 22.5. The number of hydrogen-bond acceptors (Lipinski definition) is 6. The summed E-state index contributed by atoms with van der Waals surface area (Å²) in [5.41, 5.74) is 1.42. The van der Waals surface area contributed by atoms with E-state index in [1.165, 1.54) is 24.3 Å². The van der Waals surface area contributed by atoms with Crippen molar-refractivity contribution in [1.29, 1.82) is 0 Å². The summed E-state index contributed by atoms with van der Waals surface area (Å²) in [5.74, 6) is -1.69. The zero-order chi connectivity index (χ0) is 23.2. The van der Waals surface area contributed by atoms with Gasteiger partial charge >= 0.3 is 0 Å². The summed E-state index contributed by atoms with van der Waals surface area (Å²) in [4.78, 5) is 39.5. The molecule has 1 fully saturated rings. The van der Waals surface area contributed by atoms with Crippen LogP contribution >= 0.6 is 11.3 Å². The number of aromatic nitrogens is 2. The van der Waals surface area contributed by atoms with E-state index >= 15 is 0 Å². The second kappa shape index (κ2) is 10.3. The Kier molecular flexibility index (Phi) is 7.04. The minimum atomic E-state index is -0.532. The predicted molar refractivity (Wildman–Crippen MR) is 121 cm³/mol. The number of rotatable bonds is 6. The summed E-state index contributed by atoms with van der Waals surface area (Å²) >= 11 is 0.882. The van der Waals surface area contributed by atoms with Gasteiger partial charge in [0.15, 0.2) is 0 Å². The molecule has 0 spiro atoms. The van der Waals surface area contributed by atoms with E-state index in [0.717, 1.165) is 16.9 Å². The number of amides is 3. The van der Waals surface area contributed by atoms with E-state index in [1.54, 1.807) is 4.90 Å². The van der Waals surface area contributed by atoms with Crippen LogP contribution in [0.25, 0.3) is 0 Å². The monoisotopic (exact) mass is 467 g/mol. The molecule has 1 aliphatic rings. The molecule has 3 aromatic rings. The molecule has 1 atom stereocenters. The number of hydrogen-bond donors (Lipinski definition) is 2. The Morgan fingerprint density at radius 3 is 2.52 bits per heavy atom. The SMILES string of the molecule is O=C(Nc1ccc(F)cc1)c1nnc(C(=O)N2CCC[C@@H](C(=O)NCc3ccccc3)C2)s1. The van der Waals surface area contributed by atoms with Gasteiger partial charge in [-0.3, -0.25) is 14.4 Å². The van der Waals surface area contributed by atoms with Gasteiger partial charge in [0.1, 0.15) is 5.82 Å². The lowest BCUT2D eigenvalue weighted by Crippen LogP contribution is -2.45. The van der Waals surface area contributed by atoms with Gasteiger partial charge in [0.05, 0.1) is 5.92 Å². The number of nitrogens with zero attached hydrogens (tertiary/aromatic N) is 3. The van der Waals surface area contributed by atoms with Crippen LogP contribution in [-0.4, -0.2) is 45.9 Å². The third kappa shape index (κ3) is 5.78. The summed E-state index contributed by atoms with van der Waals surface area (Å²) < 4.78 is 13.0. The van der Waals surface area contributed by atoms with E-state index in [4.69, 9.17) is 0 Å². The number of carbonyl (C=O) groups is 3. The maximum Gasteiger partial charge on any atom is 0.286 e. The Labute approximate surface area is 193 Å². The van der Waals surface area contributed by atoms with Gasteiger partial charge < -0.3 is 15.5 Å². The van der Waals surface area contributed by atoms with Crippen molar-refractivity contribution in [1.82, 2.24) is 20.4 Å². The van der Waals surface area contributed by atoms with Crippen molar-refractivity contribution in [3.05, 3.63) is 76.0 Å². The Morgan fingerprint density at radius 1 is 1.03 bits per heavy atom. The average Bonchev–Trinajstić information content (AvgIpc) is 3.35. The third-order valence-electron chi connectivity index (χ3n) is 5.29. The van der Waals surface area contributed by atoms with Gasteiger partial charge in [-0.1, -0.05) is 41.7 Å². The van der Waals surface area contributed by atoms with Crippen LogP contribution in [0.5, 0.6) is 0 Å². The van der Waals surface area contributed by atoms with Gasteiger partial charge in [-0.25, -0.2) is 4.39 Å². The van der Waals surface area contributed by atoms with Crippen molar-refractivity contribution < 1.29 is 18.8 Å². The zero-order valence-electron chi connectivity index (χ0n) is 17.7. The van der Waals surface area contributed by atoms with E-state index in [1.807, 2.05) is 30.3 Å². The normalized spacial score (nSPS) is 15.7. The highest BCUT2D eigenvalue weighted by Crippen LogP contribution is 2.21. The Hall–Kier alpha value is -3.66. The van der Waals surface area contributed by atoms with E-state index in [0.29, 0.717) is 31.6 Å². The number of halogens is 1. The molecule has 1 aromatic heterocycles. The fourth-order valence-electron chi connectivity index (χ4n) is 3.56. The highest BCUT2D eigenvalue weighted by Gasteiger charge is 2.30. The number of nitrogens with one attached hydrogen (secondary N) is 2. The minimum Gasteiger partial charge on any atom is -0.352 e. The first-order chi connectivity index (χ1) is 16.0. The van der Waals surface area contributed by atoms with Crippen LogP contribution in [0.15, 0.2) is 54.6 Å². The van der Waals surface area contributed by atoms with E-state index < -0.39 is 11.7 Å². The second-order valence-corrected chi connectivity index (χ2v) is 8.64. The van der Waals surface area contributed by atoms with Crippen LogP contribution in [0.3, 0.4) is 0 Å². The molecule has 2 heterocycles. The topological polar surface area (TPSA) is 104 Å². The number of likely N-dealkylation sites (tertiary alicyclic amines) is 1. The van der Waals surface area contributed by atoms with Crippen LogP contribution in [0.1, 0.15) is 38.0 Å². The highest BCUT2D eigenvalue weighted by molar-refractivity contribution is 7.15. The smallest absolute Gasteiger partial charge is 0.286 e. The average molecular weight is 468 g/mol. The Morgan fingerprint density at radius 2 is 1.76 bits per heavy atom. The largest absolute Gasteiger partial charge is 0.352 e. The summed E-state index contributed by atoms with van der Waals surface area (Å²) in [6.45, 7) is 1.24. The first-order valence-corrected chi connectivity index (χ1v) is 11.3. The van der Waals surface area contributed by atoms with E-state index in [2.05, 4.69) is 20.8 Å². The molecule has 2 N–H and O–H groups in total. The molecular formula is C23H22FN5O3S. The summed E-state index contributed by atoms with van der Waals surface area (Å²) in [6, 6.07) is 14.9. The van der Waals surface area contributed by atoms with Crippen molar-refractivity contribution in [2.45, 2.75) is 19.4 Å². The molecule has 33 heavy (non-hydrogen) atoms. The van der Waals surface area contributed by atoms with Gasteiger partial charge in [0, 0.05) is 25.3 Å². The van der Waals surface area contributed by atoms with Crippen molar-refractivity contribution in [3.8, 4) is 0 Å². The lowest BCUT2D eigenvalue weighted by atomic mass is 9.97. The van der Waals surface area contributed by atoms with Crippen LogP contribution in [0.4, 0.5) is 10.1 Å². The molecule has 170 valence electrons. The molecule has 4 rings (SSSR count). The fourth-order valence-corrected chi connectivity index (χ4v) is 4.27. The molecular weight excluding hydrogens is 445 g/mol. The third-order valence-corrected chi connectivity index (χ3v) is 6.20. The van der Waals surface area contributed by atoms with Gasteiger partial charge in [-0.15, -0.1) is 10.2 Å². The first-order valence-electron chi connectivity index (χ1n) is 10.5. The van der Waals surface area contributed by atoms with Gasteiger partial charge in [-0.2, -0.15) is 0 Å². The van der Waals surface area contributed by atoms with Crippen LogP contribution < -0.4 is 10.6 Å². The number of anilines is 1. The molecule has 0 saturated carbocycles. The Bertz CT molecular complexity index is 1140. The molecule has 8 nitrogen and oxygen atoms in total. The molecule has 2 aromatic carbocycles. The molecule has 0 aliphatic carbocycles. The lowest BCUT2D eigenvalue weighted by Gasteiger charge is -2.31. The molecule has 3 amide bonds. The quantitative estimate of drug-likeness (QED) is 0.580. The van der Waals surface area contributed by atoms with Crippen LogP contribution in [0, 0.1) is 11.7 Å². The van der Waals surface area contributed by atoms with Crippen molar-refractivity contribution in [3.63, 3.8) is 0 Å². The van der Waals surface area contributed by atoms with Crippen molar-refractivity contribution >= 4 is 34.7 Å². The second-order valence-electron chi connectivity index (χ2n) is 7.67. The van der Waals surface area contributed by atoms with E-state index in [9.17, 15) is 18.8 Å². The lowest BCUT2D eigenvalue weighted by molar-refractivity contribution is -0.126. The highest BCUT2D eigenvalue weighted by atomic mass is 32.1. The number of carbonyl (C=O) groups excluding carboxylic acids is 3. The van der Waals surface area contributed by atoms with Crippen molar-refractivity contribution in [2.75, 3.05) is 18.4 Å². The molecule has 0 bridgehead atoms. The molecule has 0 unspecified atom stereocenters. The molecule has 0 radical (unpaired) electrons. The van der Waals surface area contributed by atoms with Crippen molar-refractivity contribution in [2.24, 2.45) is 5.92 Å². The molecule has 10 heteroatoms. The number of piperidine rings is 1. The van der Waals surface area contributed by atoms with Crippen LogP contribution in [-0.2, 0) is 11.3 Å².